The number of halogens is 2. The van der Waals surface area contributed by atoms with E-state index in [1.165, 1.54) is 23.5 Å². The Labute approximate surface area is 334 Å². The van der Waals surface area contributed by atoms with Crippen molar-refractivity contribution in [1.82, 2.24) is 20.2 Å². The molecule has 1 aliphatic heterocycles. The van der Waals surface area contributed by atoms with Gasteiger partial charge in [0.25, 0.3) is 5.91 Å². The van der Waals surface area contributed by atoms with Gasteiger partial charge in [0.05, 0.1) is 29.8 Å². The van der Waals surface area contributed by atoms with Crippen LogP contribution in [0.3, 0.4) is 0 Å². The Morgan fingerprint density at radius 1 is 0.982 bits per heavy atom. The number of carbonyl (C=O) groups excluding carboxylic acids is 6. The van der Waals surface area contributed by atoms with E-state index in [-0.39, 0.29) is 66.3 Å². The predicted molar refractivity (Wildman–Crippen MR) is 209 cm³/mol. The Hall–Kier alpha value is -3.70. The zero-order valence-corrected chi connectivity index (χ0v) is 33.9. The highest BCUT2D eigenvalue weighted by molar-refractivity contribution is 6.38. The van der Waals surface area contributed by atoms with Crippen LogP contribution in [-0.2, 0) is 24.0 Å². The summed E-state index contributed by atoms with van der Waals surface area (Å²) in [6.45, 7) is 7.59. The van der Waals surface area contributed by atoms with Crippen molar-refractivity contribution in [3.63, 3.8) is 0 Å². The second-order valence-corrected chi connectivity index (χ2v) is 17.5. The zero-order chi connectivity index (χ0) is 39.9. The molecule has 2 aromatic rings. The van der Waals surface area contributed by atoms with Crippen LogP contribution >= 0.6 is 23.2 Å². The normalized spacial score (nSPS) is 20.7. The maximum Gasteiger partial charge on any atom is 0.272 e. The second-order valence-electron chi connectivity index (χ2n) is 16.7. The molecule has 11 nitrogen and oxygen atoms in total. The van der Waals surface area contributed by atoms with Gasteiger partial charge in [0.2, 0.25) is 11.7 Å². The molecule has 2 heterocycles. The molecule has 5 rings (SSSR count). The van der Waals surface area contributed by atoms with Gasteiger partial charge in [-0.05, 0) is 67.6 Å². The van der Waals surface area contributed by atoms with Crippen LogP contribution in [0, 0.1) is 29.1 Å². The topological polar surface area (TPSA) is 153 Å². The maximum absolute atomic E-state index is 14.9. The fraction of sp³-hybridized carbons (Fsp3) is 0.619. The van der Waals surface area contributed by atoms with Crippen molar-refractivity contribution in [2.24, 2.45) is 29.1 Å². The predicted octanol–water partition coefficient (Wildman–Crippen LogP) is 7.45. The monoisotopic (exact) mass is 796 g/mol. The number of aromatic nitrogens is 2. The van der Waals surface area contributed by atoms with Crippen LogP contribution in [0.2, 0.25) is 10.0 Å². The first-order chi connectivity index (χ1) is 26.2. The average molecular weight is 798 g/mol. The van der Waals surface area contributed by atoms with Crippen molar-refractivity contribution < 1.29 is 33.5 Å². The van der Waals surface area contributed by atoms with E-state index in [1.807, 2.05) is 27.7 Å². The van der Waals surface area contributed by atoms with Crippen molar-refractivity contribution in [2.45, 2.75) is 129 Å². The highest BCUT2D eigenvalue weighted by Gasteiger charge is 2.47. The highest BCUT2D eigenvalue weighted by atomic mass is 35.5. The maximum atomic E-state index is 14.9. The van der Waals surface area contributed by atoms with Crippen LogP contribution in [0.15, 0.2) is 36.8 Å². The number of nitrogens with one attached hydrogen (secondary N) is 1. The molecule has 2 aliphatic carbocycles. The molecule has 1 unspecified atom stereocenters. The van der Waals surface area contributed by atoms with E-state index in [0.29, 0.717) is 23.6 Å². The number of hydrogen-bond acceptors (Lipinski definition) is 9. The average Bonchev–Trinajstić information content (AvgIpc) is 3.87. The van der Waals surface area contributed by atoms with Crippen LogP contribution < -0.4 is 10.1 Å². The fourth-order valence-corrected chi connectivity index (χ4v) is 8.45. The number of carbonyl (C=O) groups is 6. The molecule has 1 aromatic heterocycles. The van der Waals surface area contributed by atoms with E-state index in [0.717, 1.165) is 44.9 Å². The third kappa shape index (κ3) is 11.4. The van der Waals surface area contributed by atoms with Crippen molar-refractivity contribution in [2.75, 3.05) is 6.54 Å². The molecule has 1 aromatic carbocycles. The number of benzene rings is 1. The first kappa shape index (κ1) is 42.4. The Bertz CT molecular complexity index is 1720. The Balaban J connectivity index is 1.41. The molecular weight excluding hydrogens is 743 g/mol. The summed E-state index contributed by atoms with van der Waals surface area (Å²) in [6.07, 6.45) is 10.9. The van der Waals surface area contributed by atoms with Gasteiger partial charge in [-0.3, -0.25) is 33.8 Å². The smallest absolute Gasteiger partial charge is 0.272 e. The van der Waals surface area contributed by atoms with E-state index in [1.54, 1.807) is 18.2 Å². The van der Waals surface area contributed by atoms with Gasteiger partial charge >= 0.3 is 0 Å². The minimum absolute atomic E-state index is 0.0391. The molecule has 0 bridgehead atoms. The summed E-state index contributed by atoms with van der Waals surface area (Å²) < 4.78 is 6.28. The molecule has 298 valence electrons. The number of nitrogens with zero attached hydrogens (tertiary/aromatic N) is 3. The number of Topliss-reactive ketones (excluding diaryl/α,β-unsaturated/α-hetero) is 4. The van der Waals surface area contributed by atoms with Crippen LogP contribution in [0.4, 0.5) is 0 Å². The summed E-state index contributed by atoms with van der Waals surface area (Å²) >= 11 is 12.6. The Morgan fingerprint density at radius 3 is 2.33 bits per heavy atom. The van der Waals surface area contributed by atoms with E-state index in [2.05, 4.69) is 15.3 Å². The Morgan fingerprint density at radius 2 is 1.71 bits per heavy atom. The van der Waals surface area contributed by atoms with Gasteiger partial charge in [0.15, 0.2) is 17.3 Å². The van der Waals surface area contributed by atoms with Crippen LogP contribution in [0.25, 0.3) is 0 Å². The minimum Gasteiger partial charge on any atom is -0.487 e. The van der Waals surface area contributed by atoms with Crippen molar-refractivity contribution >= 4 is 58.1 Å². The molecule has 2 saturated carbocycles. The van der Waals surface area contributed by atoms with Gasteiger partial charge in [0, 0.05) is 54.9 Å². The van der Waals surface area contributed by atoms with Gasteiger partial charge in [-0.1, -0.05) is 76.6 Å². The second kappa shape index (κ2) is 19.0. The molecule has 5 atom stereocenters. The summed E-state index contributed by atoms with van der Waals surface area (Å²) in [5, 5.41) is 3.64. The van der Waals surface area contributed by atoms with Crippen molar-refractivity contribution in [3.05, 3.63) is 52.5 Å². The van der Waals surface area contributed by atoms with E-state index < -0.39 is 58.8 Å². The molecule has 3 aliphatic rings. The van der Waals surface area contributed by atoms with E-state index in [4.69, 9.17) is 27.9 Å². The van der Waals surface area contributed by atoms with E-state index in [9.17, 15) is 28.8 Å². The van der Waals surface area contributed by atoms with Gasteiger partial charge < -0.3 is 15.0 Å². The number of ketones is 4. The van der Waals surface area contributed by atoms with E-state index >= 15 is 0 Å². The highest BCUT2D eigenvalue weighted by Crippen LogP contribution is 2.38. The van der Waals surface area contributed by atoms with Gasteiger partial charge in [0.1, 0.15) is 17.5 Å². The molecule has 1 saturated heterocycles. The molecule has 0 spiro atoms. The lowest BCUT2D eigenvalue weighted by Crippen LogP contribution is -2.51. The lowest BCUT2D eigenvalue weighted by molar-refractivity contribution is -0.147. The van der Waals surface area contributed by atoms with Crippen LogP contribution in [-0.4, -0.2) is 74.5 Å². The minimum atomic E-state index is -0.959. The quantitative estimate of drug-likeness (QED) is 0.152. The molecule has 1 N–H and O–H groups in total. The van der Waals surface area contributed by atoms with Crippen LogP contribution in [0.1, 0.15) is 122 Å². The summed E-state index contributed by atoms with van der Waals surface area (Å²) in [5.74, 6) is -3.59. The third-order valence-electron chi connectivity index (χ3n) is 11.3. The number of rotatable bonds is 18. The number of hydrogen-bond donors (Lipinski definition) is 1. The molecule has 13 heteroatoms. The lowest BCUT2D eigenvalue weighted by Gasteiger charge is -2.36. The lowest BCUT2D eigenvalue weighted by atomic mass is 9.74. The number of amides is 2. The van der Waals surface area contributed by atoms with Gasteiger partial charge in [-0.25, -0.2) is 4.98 Å². The summed E-state index contributed by atoms with van der Waals surface area (Å²) in [4.78, 5) is 92.7. The third-order valence-corrected chi connectivity index (χ3v) is 11.8. The van der Waals surface area contributed by atoms with Crippen molar-refractivity contribution in [3.8, 4) is 5.75 Å². The summed E-state index contributed by atoms with van der Waals surface area (Å²) in [5.41, 5.74) is -0.625. The fourth-order valence-electron chi connectivity index (χ4n) is 8.00. The number of ether oxygens (including phenoxy) is 1. The zero-order valence-electron chi connectivity index (χ0n) is 32.4. The van der Waals surface area contributed by atoms with Gasteiger partial charge in [-0.15, -0.1) is 0 Å². The molecule has 55 heavy (non-hydrogen) atoms. The Kier molecular flexibility index (Phi) is 14.6. The molecule has 0 radical (unpaired) electrons. The standard InChI is InChI=1S/C42H54Cl2N4O7/c1-5-9-27(39(52)36(51)18-25-12-13-25)19-34(49)33-21-29(55-37-15-14-28(43)20-31(37)44)24-48(33)41(54)30(42(2,3)4)22-35(50)38(26-10-7-6-8-11-26)47-40(53)32-23-45-16-17-46-32/h14-17,20,23,25-27,29-30,33,38H,5-13,18-19,21-22,24H2,1-4H3,(H,47,53)/t27-,29-,30-,33?,38+/m1/s1. The summed E-state index contributed by atoms with van der Waals surface area (Å²) in [7, 11) is 0. The van der Waals surface area contributed by atoms with Gasteiger partial charge in [-0.2, -0.15) is 0 Å². The van der Waals surface area contributed by atoms with Crippen molar-refractivity contribution in [1.29, 1.82) is 0 Å². The van der Waals surface area contributed by atoms with Crippen LogP contribution in [0.5, 0.6) is 5.75 Å². The summed E-state index contributed by atoms with van der Waals surface area (Å²) in [6, 6.07) is 3.02. The first-order valence-electron chi connectivity index (χ1n) is 19.8. The molecule has 2 amide bonds. The largest absolute Gasteiger partial charge is 0.487 e. The molecular formula is C42H54Cl2N4O7. The SMILES string of the molecule is CCC[C@H](CC(=O)C1C[C@@H](Oc2ccc(Cl)cc2Cl)CN1C(=O)[C@@H](CC(=O)[C@@H](NC(=O)c1cnccn1)C1CCCCC1)C(C)(C)C)C(=O)C(=O)CC1CC1. The molecule has 3 fully saturated rings. The first-order valence-corrected chi connectivity index (χ1v) is 20.5. The number of likely N-dealkylation sites (tertiary alicyclic amines) is 1.